The van der Waals surface area contributed by atoms with Gasteiger partial charge in [0.2, 0.25) is 0 Å². The number of nitrogens with one attached hydrogen (secondary N) is 1. The molecule has 1 N–H and O–H groups in total. The molecule has 76 valence electrons. The van der Waals surface area contributed by atoms with Gasteiger partial charge >= 0.3 is 6.09 Å². The lowest BCUT2D eigenvalue weighted by Gasteiger charge is -2.07. The van der Waals surface area contributed by atoms with Crippen molar-refractivity contribution < 1.29 is 9.53 Å². The van der Waals surface area contributed by atoms with Gasteiger partial charge in [-0.2, -0.15) is 0 Å². The maximum Gasteiger partial charge on any atom is 0.412 e. The molecular formula is C11H15NO2. The highest BCUT2D eigenvalue weighted by Gasteiger charge is 2.04. The Morgan fingerprint density at radius 1 is 1.43 bits per heavy atom. The molecule has 1 aromatic carbocycles. The van der Waals surface area contributed by atoms with Crippen molar-refractivity contribution in [2.75, 3.05) is 6.54 Å². The predicted molar refractivity (Wildman–Crippen MR) is 55.6 cm³/mol. The quantitative estimate of drug-likeness (QED) is 0.783. The number of hydrogen-bond donors (Lipinski definition) is 1. The first-order valence-corrected chi connectivity index (χ1v) is 4.66. The fourth-order valence-electron chi connectivity index (χ4n) is 1.19. The first kappa shape index (κ1) is 10.6. The van der Waals surface area contributed by atoms with E-state index in [9.17, 15) is 4.79 Å². The van der Waals surface area contributed by atoms with Crippen LogP contribution >= 0.6 is 0 Å². The summed E-state index contributed by atoms with van der Waals surface area (Å²) in [6, 6.07) is 5.70. The molecule has 14 heavy (non-hydrogen) atoms. The van der Waals surface area contributed by atoms with Gasteiger partial charge in [-0.15, -0.1) is 0 Å². The Labute approximate surface area is 84.1 Å². The minimum absolute atomic E-state index is 0.403. The van der Waals surface area contributed by atoms with Gasteiger partial charge in [-0.25, -0.2) is 4.79 Å². The van der Waals surface area contributed by atoms with Crippen molar-refractivity contribution in [1.29, 1.82) is 0 Å². The summed E-state index contributed by atoms with van der Waals surface area (Å²) in [5, 5.41) is 2.57. The summed E-state index contributed by atoms with van der Waals surface area (Å²) in [4.78, 5) is 11.1. The Morgan fingerprint density at radius 3 is 2.71 bits per heavy atom. The molecule has 0 aromatic heterocycles. The number of benzene rings is 1. The van der Waals surface area contributed by atoms with E-state index in [0.29, 0.717) is 12.3 Å². The van der Waals surface area contributed by atoms with Crippen LogP contribution in [-0.4, -0.2) is 12.6 Å². The maximum atomic E-state index is 11.1. The highest BCUT2D eigenvalue weighted by atomic mass is 16.6. The topological polar surface area (TPSA) is 38.3 Å². The van der Waals surface area contributed by atoms with Gasteiger partial charge in [-0.1, -0.05) is 17.7 Å². The van der Waals surface area contributed by atoms with Gasteiger partial charge in [-0.05, 0) is 32.4 Å². The Morgan fingerprint density at radius 2 is 2.14 bits per heavy atom. The summed E-state index contributed by atoms with van der Waals surface area (Å²) >= 11 is 0. The van der Waals surface area contributed by atoms with E-state index >= 15 is 0 Å². The van der Waals surface area contributed by atoms with Crippen LogP contribution in [0.2, 0.25) is 0 Å². The molecule has 0 aliphatic rings. The minimum Gasteiger partial charge on any atom is -0.410 e. The second kappa shape index (κ2) is 4.65. The molecule has 1 aromatic rings. The number of carbonyl (C=O) groups is 1. The minimum atomic E-state index is -0.403. The Hall–Kier alpha value is -1.51. The van der Waals surface area contributed by atoms with Crippen LogP contribution in [0, 0.1) is 13.8 Å². The second-order valence-electron chi connectivity index (χ2n) is 3.19. The number of aryl methyl sites for hydroxylation is 2. The fraction of sp³-hybridized carbons (Fsp3) is 0.364. The maximum absolute atomic E-state index is 11.1. The molecular weight excluding hydrogens is 178 g/mol. The molecule has 0 radical (unpaired) electrons. The zero-order valence-electron chi connectivity index (χ0n) is 8.76. The standard InChI is InChI=1S/C11H15NO2/c1-4-12-11(13)14-10-6-5-8(2)7-9(10)3/h5-7H,4H2,1-3H3,(H,12,13). The first-order valence-electron chi connectivity index (χ1n) is 4.66. The fourth-order valence-corrected chi connectivity index (χ4v) is 1.19. The van der Waals surface area contributed by atoms with Crippen LogP contribution in [-0.2, 0) is 0 Å². The normalized spacial score (nSPS) is 9.64. The van der Waals surface area contributed by atoms with Gasteiger partial charge in [-0.3, -0.25) is 0 Å². The van der Waals surface area contributed by atoms with E-state index < -0.39 is 6.09 Å². The van der Waals surface area contributed by atoms with Crippen LogP contribution in [0.1, 0.15) is 18.1 Å². The highest BCUT2D eigenvalue weighted by Crippen LogP contribution is 2.18. The van der Waals surface area contributed by atoms with E-state index in [1.165, 1.54) is 0 Å². The van der Waals surface area contributed by atoms with E-state index in [2.05, 4.69) is 5.32 Å². The summed E-state index contributed by atoms with van der Waals surface area (Å²) in [5.41, 5.74) is 2.13. The van der Waals surface area contributed by atoms with Crippen LogP contribution in [0.25, 0.3) is 0 Å². The van der Waals surface area contributed by atoms with Crippen LogP contribution in [0.3, 0.4) is 0 Å². The summed E-state index contributed by atoms with van der Waals surface area (Å²) in [7, 11) is 0. The van der Waals surface area contributed by atoms with E-state index in [4.69, 9.17) is 4.74 Å². The number of amides is 1. The SMILES string of the molecule is CCNC(=O)Oc1ccc(C)cc1C. The Balaban J connectivity index is 2.72. The summed E-state index contributed by atoms with van der Waals surface area (Å²) in [6.07, 6.45) is -0.403. The molecule has 0 unspecified atom stereocenters. The van der Waals surface area contributed by atoms with Crippen LogP contribution in [0.4, 0.5) is 4.79 Å². The summed E-state index contributed by atoms with van der Waals surface area (Å²) in [6.45, 7) is 6.34. The zero-order chi connectivity index (χ0) is 10.6. The lowest BCUT2D eigenvalue weighted by molar-refractivity contribution is 0.201. The lowest BCUT2D eigenvalue weighted by atomic mass is 10.1. The summed E-state index contributed by atoms with van der Waals surface area (Å²) in [5.74, 6) is 0.613. The van der Waals surface area contributed by atoms with Gasteiger partial charge < -0.3 is 10.1 Å². The van der Waals surface area contributed by atoms with E-state index in [0.717, 1.165) is 11.1 Å². The highest BCUT2D eigenvalue weighted by molar-refractivity contribution is 5.70. The van der Waals surface area contributed by atoms with E-state index in [1.807, 2.05) is 32.9 Å². The first-order chi connectivity index (χ1) is 6.63. The van der Waals surface area contributed by atoms with Crippen LogP contribution in [0.15, 0.2) is 18.2 Å². The second-order valence-corrected chi connectivity index (χ2v) is 3.19. The molecule has 1 amide bonds. The third kappa shape index (κ3) is 2.76. The molecule has 0 aliphatic carbocycles. The van der Waals surface area contributed by atoms with Crippen molar-refractivity contribution in [3.05, 3.63) is 29.3 Å². The number of hydrogen-bond acceptors (Lipinski definition) is 2. The average molecular weight is 193 g/mol. The molecule has 0 aliphatic heterocycles. The van der Waals surface area contributed by atoms with Crippen molar-refractivity contribution in [2.45, 2.75) is 20.8 Å². The molecule has 0 heterocycles. The third-order valence-corrected chi connectivity index (χ3v) is 1.85. The van der Waals surface area contributed by atoms with Gasteiger partial charge in [0, 0.05) is 6.54 Å². The molecule has 3 heteroatoms. The van der Waals surface area contributed by atoms with Crippen LogP contribution in [0.5, 0.6) is 5.75 Å². The van der Waals surface area contributed by atoms with Crippen molar-refractivity contribution in [1.82, 2.24) is 5.32 Å². The molecule has 1 rings (SSSR count). The van der Waals surface area contributed by atoms with Crippen molar-refractivity contribution in [3.8, 4) is 5.75 Å². The average Bonchev–Trinajstić information content (AvgIpc) is 2.10. The zero-order valence-corrected chi connectivity index (χ0v) is 8.76. The molecule has 0 saturated carbocycles. The lowest BCUT2D eigenvalue weighted by Crippen LogP contribution is -2.26. The van der Waals surface area contributed by atoms with Crippen molar-refractivity contribution in [2.24, 2.45) is 0 Å². The molecule has 0 spiro atoms. The Bertz CT molecular complexity index is 334. The van der Waals surface area contributed by atoms with Gasteiger partial charge in [0.15, 0.2) is 0 Å². The van der Waals surface area contributed by atoms with Crippen molar-refractivity contribution in [3.63, 3.8) is 0 Å². The third-order valence-electron chi connectivity index (χ3n) is 1.85. The van der Waals surface area contributed by atoms with Crippen molar-refractivity contribution >= 4 is 6.09 Å². The van der Waals surface area contributed by atoms with Gasteiger partial charge in [0.25, 0.3) is 0 Å². The van der Waals surface area contributed by atoms with E-state index in [1.54, 1.807) is 6.07 Å². The van der Waals surface area contributed by atoms with Gasteiger partial charge in [0.1, 0.15) is 5.75 Å². The van der Waals surface area contributed by atoms with Gasteiger partial charge in [0.05, 0.1) is 0 Å². The smallest absolute Gasteiger partial charge is 0.410 e. The van der Waals surface area contributed by atoms with Crippen LogP contribution < -0.4 is 10.1 Å². The molecule has 0 bridgehead atoms. The molecule has 0 fully saturated rings. The number of rotatable bonds is 2. The molecule has 0 atom stereocenters. The number of carbonyl (C=O) groups excluding carboxylic acids is 1. The monoisotopic (exact) mass is 193 g/mol. The summed E-state index contributed by atoms with van der Waals surface area (Å²) < 4.78 is 5.09. The molecule has 0 saturated heterocycles. The molecule has 3 nitrogen and oxygen atoms in total. The van der Waals surface area contributed by atoms with E-state index in [-0.39, 0.29) is 0 Å². The largest absolute Gasteiger partial charge is 0.412 e. The predicted octanol–water partition coefficient (Wildman–Crippen LogP) is 2.41. The number of ether oxygens (including phenoxy) is 1. The Kier molecular flexibility index (Phi) is 3.51.